The topological polar surface area (TPSA) is 61.5 Å². The van der Waals surface area contributed by atoms with E-state index in [0.717, 1.165) is 18.4 Å². The molecule has 0 atom stereocenters. The second-order valence-corrected chi connectivity index (χ2v) is 3.93. The number of anilines is 1. The molecule has 1 aromatic rings. The van der Waals surface area contributed by atoms with E-state index in [-0.39, 0.29) is 5.97 Å². The van der Waals surface area contributed by atoms with Gasteiger partial charge in [-0.25, -0.2) is 4.79 Å². The lowest BCUT2D eigenvalue weighted by Gasteiger charge is -2.07. The molecular formula is C13H19NO3. The zero-order valence-corrected chi connectivity index (χ0v) is 10.4. The molecule has 0 saturated heterocycles. The van der Waals surface area contributed by atoms with Crippen LogP contribution in [0.1, 0.15) is 28.8 Å². The van der Waals surface area contributed by atoms with Gasteiger partial charge in [0.2, 0.25) is 0 Å². The summed E-state index contributed by atoms with van der Waals surface area (Å²) >= 11 is 0. The maximum Gasteiger partial charge on any atom is 0.340 e. The fourth-order valence-electron chi connectivity index (χ4n) is 1.44. The first-order chi connectivity index (χ1) is 8.15. The Morgan fingerprint density at radius 3 is 2.71 bits per heavy atom. The summed E-state index contributed by atoms with van der Waals surface area (Å²) in [6.45, 7) is 2.99. The summed E-state index contributed by atoms with van der Waals surface area (Å²) in [4.78, 5) is 11.7. The number of rotatable bonds is 6. The number of nitrogen functional groups attached to an aromatic ring is 1. The van der Waals surface area contributed by atoms with Crippen LogP contribution < -0.4 is 5.73 Å². The molecule has 4 nitrogen and oxygen atoms in total. The third-order valence-electron chi connectivity index (χ3n) is 2.40. The van der Waals surface area contributed by atoms with Gasteiger partial charge in [0.15, 0.2) is 0 Å². The van der Waals surface area contributed by atoms with Crippen LogP contribution in [0.3, 0.4) is 0 Å². The fraction of sp³-hybridized carbons (Fsp3) is 0.462. The number of esters is 1. The molecule has 0 unspecified atom stereocenters. The molecule has 0 aliphatic rings. The number of hydrogen-bond donors (Lipinski definition) is 1. The highest BCUT2D eigenvalue weighted by atomic mass is 16.5. The molecule has 94 valence electrons. The summed E-state index contributed by atoms with van der Waals surface area (Å²) in [5, 5.41) is 0. The molecule has 4 heteroatoms. The van der Waals surface area contributed by atoms with Crippen molar-refractivity contribution in [3.63, 3.8) is 0 Å². The Balaban J connectivity index is 2.44. The van der Waals surface area contributed by atoms with Gasteiger partial charge >= 0.3 is 5.97 Å². The lowest BCUT2D eigenvalue weighted by molar-refractivity contribution is 0.0490. The maximum absolute atomic E-state index is 11.7. The first-order valence-electron chi connectivity index (χ1n) is 5.67. The number of nitrogens with two attached hydrogens (primary N) is 1. The van der Waals surface area contributed by atoms with E-state index in [0.29, 0.717) is 24.5 Å². The lowest BCUT2D eigenvalue weighted by Crippen LogP contribution is -2.10. The highest BCUT2D eigenvalue weighted by Crippen LogP contribution is 2.15. The second kappa shape index (κ2) is 6.91. The number of carbonyl (C=O) groups is 1. The quantitative estimate of drug-likeness (QED) is 0.468. The van der Waals surface area contributed by atoms with Crippen LogP contribution in [0.15, 0.2) is 18.2 Å². The number of hydrogen-bond acceptors (Lipinski definition) is 4. The van der Waals surface area contributed by atoms with Gasteiger partial charge in [-0.2, -0.15) is 0 Å². The maximum atomic E-state index is 11.7. The number of benzene rings is 1. The summed E-state index contributed by atoms with van der Waals surface area (Å²) in [5.74, 6) is -0.358. The van der Waals surface area contributed by atoms with Crippen LogP contribution in [-0.2, 0) is 9.47 Å². The normalized spacial score (nSPS) is 10.2. The van der Waals surface area contributed by atoms with Crippen LogP contribution >= 0.6 is 0 Å². The average Bonchev–Trinajstić information content (AvgIpc) is 2.32. The van der Waals surface area contributed by atoms with E-state index in [1.165, 1.54) is 0 Å². The van der Waals surface area contributed by atoms with Gasteiger partial charge in [-0.05, 0) is 31.9 Å². The minimum absolute atomic E-state index is 0.358. The van der Waals surface area contributed by atoms with Crippen LogP contribution in [-0.4, -0.2) is 26.3 Å². The van der Waals surface area contributed by atoms with Gasteiger partial charge in [0.05, 0.1) is 12.2 Å². The van der Waals surface area contributed by atoms with Crippen molar-refractivity contribution in [3.8, 4) is 0 Å². The van der Waals surface area contributed by atoms with E-state index in [1.807, 2.05) is 13.0 Å². The molecular weight excluding hydrogens is 218 g/mol. The lowest BCUT2D eigenvalue weighted by atomic mass is 10.1. The summed E-state index contributed by atoms with van der Waals surface area (Å²) in [6.07, 6.45) is 1.68. The molecule has 17 heavy (non-hydrogen) atoms. The highest BCUT2D eigenvalue weighted by molar-refractivity contribution is 5.95. The molecule has 0 aromatic heterocycles. The van der Waals surface area contributed by atoms with Gasteiger partial charge < -0.3 is 15.2 Å². The minimum Gasteiger partial charge on any atom is -0.462 e. The molecule has 0 spiro atoms. The van der Waals surface area contributed by atoms with Crippen molar-refractivity contribution in [2.75, 3.05) is 26.1 Å². The Labute approximate surface area is 102 Å². The van der Waals surface area contributed by atoms with Crippen molar-refractivity contribution in [2.45, 2.75) is 19.8 Å². The van der Waals surface area contributed by atoms with Crippen LogP contribution in [0.5, 0.6) is 0 Å². The third kappa shape index (κ3) is 4.44. The van der Waals surface area contributed by atoms with Gasteiger partial charge in [0.25, 0.3) is 0 Å². The van der Waals surface area contributed by atoms with Gasteiger partial charge in [-0.1, -0.05) is 11.6 Å². The van der Waals surface area contributed by atoms with E-state index < -0.39 is 0 Å². The van der Waals surface area contributed by atoms with Gasteiger partial charge in [0.1, 0.15) is 0 Å². The van der Waals surface area contributed by atoms with Crippen molar-refractivity contribution in [2.24, 2.45) is 0 Å². The SMILES string of the molecule is COCCCCOC(=O)c1cc(C)ccc1N. The molecule has 0 aliphatic heterocycles. The first kappa shape index (κ1) is 13.5. The Bertz CT molecular complexity index is 377. The molecule has 0 amide bonds. The predicted molar refractivity (Wildman–Crippen MR) is 67.0 cm³/mol. The molecule has 1 rings (SSSR count). The van der Waals surface area contributed by atoms with Crippen molar-refractivity contribution in [1.29, 1.82) is 0 Å². The second-order valence-electron chi connectivity index (χ2n) is 3.93. The molecule has 0 aliphatic carbocycles. The van der Waals surface area contributed by atoms with Gasteiger partial charge in [0, 0.05) is 19.4 Å². The summed E-state index contributed by atoms with van der Waals surface area (Å²) in [6, 6.07) is 5.33. The van der Waals surface area contributed by atoms with Crippen LogP contribution in [0, 0.1) is 6.92 Å². The molecule has 0 saturated carbocycles. The largest absolute Gasteiger partial charge is 0.462 e. The Morgan fingerprint density at radius 2 is 2.00 bits per heavy atom. The number of aryl methyl sites for hydroxylation is 1. The van der Waals surface area contributed by atoms with Crippen molar-refractivity contribution in [1.82, 2.24) is 0 Å². The fourth-order valence-corrected chi connectivity index (χ4v) is 1.44. The van der Waals surface area contributed by atoms with E-state index in [4.69, 9.17) is 15.2 Å². The van der Waals surface area contributed by atoms with E-state index in [9.17, 15) is 4.79 Å². The molecule has 0 heterocycles. The first-order valence-corrected chi connectivity index (χ1v) is 5.67. The molecule has 0 radical (unpaired) electrons. The van der Waals surface area contributed by atoms with E-state index in [1.54, 1.807) is 19.2 Å². The zero-order valence-electron chi connectivity index (χ0n) is 10.4. The standard InChI is InChI=1S/C13H19NO3/c1-10-5-6-12(14)11(9-10)13(15)17-8-4-3-7-16-2/h5-6,9H,3-4,7-8,14H2,1-2H3. The molecule has 0 bridgehead atoms. The number of unbranched alkanes of at least 4 members (excludes halogenated alkanes) is 1. The smallest absolute Gasteiger partial charge is 0.340 e. The van der Waals surface area contributed by atoms with Gasteiger partial charge in [-0.15, -0.1) is 0 Å². The number of methoxy groups -OCH3 is 1. The zero-order chi connectivity index (χ0) is 12.7. The third-order valence-corrected chi connectivity index (χ3v) is 2.40. The number of carbonyl (C=O) groups excluding carboxylic acids is 1. The molecule has 0 fully saturated rings. The number of ether oxygens (including phenoxy) is 2. The Hall–Kier alpha value is -1.55. The summed E-state index contributed by atoms with van der Waals surface area (Å²) in [7, 11) is 1.65. The van der Waals surface area contributed by atoms with Crippen LogP contribution in [0.4, 0.5) is 5.69 Å². The van der Waals surface area contributed by atoms with Gasteiger partial charge in [-0.3, -0.25) is 0 Å². The highest BCUT2D eigenvalue weighted by Gasteiger charge is 2.10. The minimum atomic E-state index is -0.358. The Morgan fingerprint density at radius 1 is 1.29 bits per heavy atom. The summed E-state index contributed by atoms with van der Waals surface area (Å²) < 4.78 is 10.0. The monoisotopic (exact) mass is 237 g/mol. The van der Waals surface area contributed by atoms with Crippen molar-refractivity contribution < 1.29 is 14.3 Å². The van der Waals surface area contributed by atoms with Crippen molar-refractivity contribution in [3.05, 3.63) is 29.3 Å². The van der Waals surface area contributed by atoms with Crippen molar-refractivity contribution >= 4 is 11.7 Å². The average molecular weight is 237 g/mol. The van der Waals surface area contributed by atoms with E-state index >= 15 is 0 Å². The molecule has 2 N–H and O–H groups in total. The predicted octanol–water partition coefficient (Wildman–Crippen LogP) is 2.16. The summed E-state index contributed by atoms with van der Waals surface area (Å²) in [5.41, 5.74) is 7.61. The molecule has 1 aromatic carbocycles. The Kier molecular flexibility index (Phi) is 5.49. The van der Waals surface area contributed by atoms with Crippen LogP contribution in [0.2, 0.25) is 0 Å². The van der Waals surface area contributed by atoms with Crippen LogP contribution in [0.25, 0.3) is 0 Å². The van der Waals surface area contributed by atoms with E-state index in [2.05, 4.69) is 0 Å².